The molecule has 0 fully saturated rings. The molecule has 12 nitrogen and oxygen atoms in total. The maximum atomic E-state index is 11.0. The topological polar surface area (TPSA) is 185 Å². The summed E-state index contributed by atoms with van der Waals surface area (Å²) in [6, 6.07) is 13.4. The number of aliphatic carboxylic acids is 3. The average Bonchev–Trinajstić information content (AvgIpc) is 4.06. The first-order valence-corrected chi connectivity index (χ1v) is 36.3. The molecule has 3 aliphatic heterocycles. The van der Waals surface area contributed by atoms with E-state index in [1.165, 1.54) is 84.5 Å². The highest BCUT2D eigenvalue weighted by Gasteiger charge is 2.49. The van der Waals surface area contributed by atoms with E-state index in [1.807, 2.05) is 0 Å². The number of nitrogens with zero attached hydrogens (tertiary/aromatic N) is 3. The van der Waals surface area contributed by atoms with Gasteiger partial charge in [-0.05, 0) is 281 Å². The fourth-order valence-electron chi connectivity index (χ4n) is 10.9. The molecule has 4 aromatic carbocycles. The van der Waals surface area contributed by atoms with E-state index in [1.54, 1.807) is 0 Å². The minimum atomic E-state index is -3.93. The van der Waals surface area contributed by atoms with E-state index in [4.69, 9.17) is 24.9 Å². The van der Waals surface area contributed by atoms with Crippen LogP contribution in [0, 0.1) is 28.6 Å². The molecule has 78 heavy (non-hydrogen) atoms. The first kappa shape index (κ1) is 69.1. The Hall–Kier alpha value is 0.310. The molecule has 0 spiro atoms. The summed E-state index contributed by atoms with van der Waals surface area (Å²) in [5.74, 6) is -2.40. The van der Waals surface area contributed by atoms with E-state index in [9.17, 15) is 22.8 Å². The van der Waals surface area contributed by atoms with Crippen LogP contribution < -0.4 is 0 Å². The second kappa shape index (κ2) is 30.1. The second-order valence-corrected chi connectivity index (χ2v) is 31.9. The van der Waals surface area contributed by atoms with Crippen LogP contribution in [0.3, 0.4) is 0 Å². The molecule has 0 saturated carbocycles. The van der Waals surface area contributed by atoms with Crippen LogP contribution in [0.5, 0.6) is 0 Å². The molecule has 0 bridgehead atoms. The molecule has 426 valence electrons. The van der Waals surface area contributed by atoms with Gasteiger partial charge < -0.3 is 15.3 Å². The lowest BCUT2D eigenvalue weighted by Crippen LogP contribution is -2.31. The lowest BCUT2D eigenvalue weighted by Gasteiger charge is -2.24. The maximum Gasteiger partial charge on any atom is 0.303 e. The molecule has 3 heterocycles. The summed E-state index contributed by atoms with van der Waals surface area (Å²) >= 11 is 19.3. The van der Waals surface area contributed by atoms with Gasteiger partial charge in [0.2, 0.25) is 11.4 Å². The lowest BCUT2D eigenvalue weighted by atomic mass is 9.76. The summed E-state index contributed by atoms with van der Waals surface area (Å²) in [6.07, 6.45) is 11.5. The molecule has 3 aliphatic rings. The standard InChI is InChI=1S/C22H28I3NO4.C20H26I3NO5S.C15H13I2N/c1-14-22(2,11-7-3-5-9-17(27)28)19-16(13-15(23)20(24)21(19)25)26(14)12-8-4-6-10-18(29)30;1-13-20(2,9-5-3-4-8-16(25)26)17-15(12-14(21)18(22)19(17)23)24(13)10-6-7-11-30(27,28)29;1-8-15(2,3)14-11-6-9(16)7-12(17)10(11)4-5-13(14)18-8/h13H,3-12H2,1-2H3,(H-,27,28,29,30);12H,3-11H2,1-2H3,(H-,25,26,27,28,29);4-7H,1-3H3/p+2. The molecule has 2 unspecified atom stereocenters. The smallest absolute Gasteiger partial charge is 0.303 e. The molecule has 0 radical (unpaired) electrons. The third-order valence-corrected chi connectivity index (χ3v) is 28.2. The van der Waals surface area contributed by atoms with Crippen molar-refractivity contribution < 1.29 is 51.8 Å². The predicted octanol–water partition coefficient (Wildman–Crippen LogP) is 17.6. The first-order chi connectivity index (χ1) is 36.4. The van der Waals surface area contributed by atoms with Crippen LogP contribution in [0.2, 0.25) is 0 Å². The molecular weight excluding hydrogens is 1920 g/mol. The number of hydrogen-bond donors (Lipinski definition) is 4. The number of carbonyl (C=O) groups is 3. The quantitative estimate of drug-likeness (QED) is 0.0184. The highest BCUT2D eigenvalue weighted by atomic mass is 127. The molecule has 4 N–H and O–H groups in total. The zero-order valence-corrected chi connectivity index (χ0v) is 63.1. The van der Waals surface area contributed by atoms with Crippen molar-refractivity contribution >= 4 is 254 Å². The van der Waals surface area contributed by atoms with Gasteiger partial charge in [-0.3, -0.25) is 23.9 Å². The molecule has 4 aromatic rings. The predicted molar refractivity (Wildman–Crippen MR) is 383 cm³/mol. The minimum absolute atomic E-state index is 0.0440. The molecule has 0 saturated heterocycles. The van der Waals surface area contributed by atoms with E-state index in [2.05, 4.69) is 275 Å². The zero-order valence-electron chi connectivity index (χ0n) is 45.0. The lowest BCUT2D eigenvalue weighted by molar-refractivity contribution is -0.440. The van der Waals surface area contributed by atoms with Crippen LogP contribution in [0.15, 0.2) is 41.4 Å². The number of fused-ring (bicyclic) bond motifs is 5. The van der Waals surface area contributed by atoms with Crippen molar-refractivity contribution in [1.82, 2.24) is 0 Å². The van der Waals surface area contributed by atoms with Crippen LogP contribution in [-0.4, -0.2) is 91.3 Å². The average molecular weight is 1990 g/mol. The van der Waals surface area contributed by atoms with E-state index in [0.29, 0.717) is 25.8 Å². The number of halogens is 8. The van der Waals surface area contributed by atoms with Crippen molar-refractivity contribution in [1.29, 1.82) is 0 Å². The van der Waals surface area contributed by atoms with Gasteiger partial charge in [-0.15, -0.1) is 0 Å². The Labute approximate surface area is 570 Å². The summed E-state index contributed by atoms with van der Waals surface area (Å²) in [4.78, 5) is 37.1. The van der Waals surface area contributed by atoms with Crippen LogP contribution in [0.25, 0.3) is 10.8 Å². The molecular formula is C57H69I8N3O9S+2. The van der Waals surface area contributed by atoms with Crippen molar-refractivity contribution in [3.63, 3.8) is 0 Å². The fourth-order valence-corrected chi connectivity index (χ4v) is 18.8. The van der Waals surface area contributed by atoms with Gasteiger partial charge in [-0.1, -0.05) is 45.6 Å². The fraction of sp³-hybridized carbons (Fsp3) is 0.509. The van der Waals surface area contributed by atoms with Gasteiger partial charge in [-0.25, -0.2) is 0 Å². The third-order valence-electron chi connectivity index (χ3n) is 15.7. The number of carboxylic acid groups (broad SMARTS) is 3. The normalized spacial score (nSPS) is 18.0. The Bertz CT molecular complexity index is 3180. The van der Waals surface area contributed by atoms with Crippen molar-refractivity contribution in [3.05, 3.63) is 81.7 Å². The number of aliphatic imine (C=N–C) groups is 1. The van der Waals surface area contributed by atoms with Gasteiger partial charge in [0.05, 0.1) is 33.4 Å². The van der Waals surface area contributed by atoms with Gasteiger partial charge in [0.1, 0.15) is 13.1 Å². The van der Waals surface area contributed by atoms with E-state index < -0.39 is 28.0 Å². The third kappa shape index (κ3) is 17.1. The Morgan fingerprint density at radius 3 is 1.37 bits per heavy atom. The second-order valence-electron chi connectivity index (χ2n) is 21.3. The van der Waals surface area contributed by atoms with Crippen molar-refractivity contribution in [2.24, 2.45) is 4.99 Å². The van der Waals surface area contributed by atoms with E-state index in [0.717, 1.165) is 76.4 Å². The van der Waals surface area contributed by atoms with Crippen LogP contribution in [-0.2, 0) is 40.7 Å². The SMILES string of the molecule is CC1=Nc2ccc3c(I)cc(I)cc3c2C1(C)C.CC1=[N+](CCCCCC(=O)O)c2cc(I)c(I)c(I)c2C1(C)CCCCCC(=O)O.CC1=[N+](CCCCS(=O)(=O)O)c2cc(I)c(I)c(I)c2C1(C)CCCCCC(=O)O. The van der Waals surface area contributed by atoms with Crippen LogP contribution >= 0.6 is 181 Å². The number of rotatable bonds is 23. The molecule has 0 aliphatic carbocycles. The van der Waals surface area contributed by atoms with Crippen LogP contribution in [0.4, 0.5) is 17.1 Å². The Morgan fingerprint density at radius 2 is 0.949 bits per heavy atom. The number of benzene rings is 4. The molecule has 2 atom stereocenters. The Balaban J connectivity index is 0.000000222. The summed E-state index contributed by atoms with van der Waals surface area (Å²) in [5.41, 5.74) is 11.4. The highest BCUT2D eigenvalue weighted by Crippen LogP contribution is 2.50. The van der Waals surface area contributed by atoms with Gasteiger partial charge in [0.15, 0.2) is 11.4 Å². The van der Waals surface area contributed by atoms with E-state index >= 15 is 0 Å². The zero-order chi connectivity index (χ0) is 58.2. The van der Waals surface area contributed by atoms with Gasteiger partial charge in [-0.2, -0.15) is 17.6 Å². The minimum Gasteiger partial charge on any atom is -0.481 e. The molecule has 21 heteroatoms. The molecule has 7 rings (SSSR count). The van der Waals surface area contributed by atoms with Crippen molar-refractivity contribution in [3.8, 4) is 0 Å². The Kier molecular flexibility index (Phi) is 26.7. The Morgan fingerprint density at radius 1 is 0.526 bits per heavy atom. The summed E-state index contributed by atoms with van der Waals surface area (Å²) in [5, 5.41) is 29.3. The number of hydrogen-bond acceptors (Lipinski definition) is 6. The van der Waals surface area contributed by atoms with Crippen LogP contribution in [0.1, 0.15) is 168 Å². The van der Waals surface area contributed by atoms with Crippen molar-refractivity contribution in [2.45, 2.75) is 167 Å². The van der Waals surface area contributed by atoms with E-state index in [-0.39, 0.29) is 41.3 Å². The van der Waals surface area contributed by atoms with Gasteiger partial charge >= 0.3 is 17.9 Å². The van der Waals surface area contributed by atoms with Crippen molar-refractivity contribution in [2.75, 3.05) is 18.8 Å². The maximum absolute atomic E-state index is 11.0. The molecule has 0 aromatic heterocycles. The summed E-state index contributed by atoms with van der Waals surface area (Å²) in [7, 11) is -3.93. The van der Waals surface area contributed by atoms with Gasteiger partial charge in [0, 0.05) is 97.8 Å². The summed E-state index contributed by atoms with van der Waals surface area (Å²) in [6.45, 7) is 17.2. The number of unbranched alkanes of at least 4 members (excludes halogenated alkanes) is 7. The number of carboxylic acids is 3. The summed E-state index contributed by atoms with van der Waals surface area (Å²) < 4.78 is 46.0. The molecule has 0 amide bonds. The first-order valence-electron chi connectivity index (χ1n) is 26.1. The highest BCUT2D eigenvalue weighted by molar-refractivity contribution is 14.1. The van der Waals surface area contributed by atoms with Gasteiger partial charge in [0.25, 0.3) is 10.1 Å². The monoisotopic (exact) mass is 1990 g/mol. The largest absolute Gasteiger partial charge is 0.481 e.